The van der Waals surface area contributed by atoms with Crippen LogP contribution in [0.15, 0.2) is 48.5 Å². The molecule has 1 saturated heterocycles. The molecular weight excluding hydrogens is 553 g/mol. The molecule has 1 aliphatic heterocycles. The molecule has 4 N–H and O–H groups in total. The van der Waals surface area contributed by atoms with Crippen molar-refractivity contribution in [1.82, 2.24) is 20.9 Å². The van der Waals surface area contributed by atoms with Crippen molar-refractivity contribution in [2.24, 2.45) is 0 Å². The number of halogens is 3. The van der Waals surface area contributed by atoms with Gasteiger partial charge in [0, 0.05) is 43.9 Å². The van der Waals surface area contributed by atoms with Crippen molar-refractivity contribution in [3.05, 3.63) is 70.8 Å². The molecule has 2 fully saturated rings. The highest BCUT2D eigenvalue weighted by atomic mass is 19.4. The van der Waals surface area contributed by atoms with Crippen LogP contribution in [-0.4, -0.2) is 79.2 Å². The van der Waals surface area contributed by atoms with Crippen molar-refractivity contribution in [1.29, 1.82) is 0 Å². The first-order chi connectivity index (χ1) is 19.9. The Kier molecular flexibility index (Phi) is 9.90. The van der Waals surface area contributed by atoms with Crippen LogP contribution < -0.4 is 16.0 Å². The molecule has 1 heterocycles. The molecule has 4 rings (SSSR count). The van der Waals surface area contributed by atoms with E-state index >= 15 is 0 Å². The average Bonchev–Trinajstić information content (AvgIpc) is 3.37. The normalized spacial score (nSPS) is 24.7. The highest BCUT2D eigenvalue weighted by molar-refractivity contribution is 5.96. The minimum absolute atomic E-state index is 0.181. The first-order valence-corrected chi connectivity index (χ1v) is 14.1. The van der Waals surface area contributed by atoms with Gasteiger partial charge in [-0.05, 0) is 68.5 Å². The van der Waals surface area contributed by atoms with E-state index < -0.39 is 29.2 Å². The predicted octanol–water partition coefficient (Wildman–Crippen LogP) is 2.83. The van der Waals surface area contributed by atoms with Crippen LogP contribution >= 0.6 is 0 Å². The van der Waals surface area contributed by atoms with Gasteiger partial charge in [0.2, 0.25) is 5.91 Å². The highest BCUT2D eigenvalue weighted by Gasteiger charge is 2.42. The van der Waals surface area contributed by atoms with Crippen LogP contribution in [0.4, 0.5) is 13.2 Å². The minimum Gasteiger partial charge on any atom is -0.385 e. The first-order valence-electron chi connectivity index (χ1n) is 14.1. The number of nitrogens with zero attached hydrogens (tertiary/aromatic N) is 1. The van der Waals surface area contributed by atoms with Crippen molar-refractivity contribution in [2.45, 2.75) is 62.6 Å². The van der Waals surface area contributed by atoms with Gasteiger partial charge in [-0.3, -0.25) is 19.3 Å². The van der Waals surface area contributed by atoms with Gasteiger partial charge in [-0.25, -0.2) is 0 Å². The summed E-state index contributed by atoms with van der Waals surface area (Å²) < 4.78 is 44.8. The fourth-order valence-corrected chi connectivity index (χ4v) is 5.79. The van der Waals surface area contributed by atoms with Crippen molar-refractivity contribution >= 4 is 17.7 Å². The van der Waals surface area contributed by atoms with Gasteiger partial charge in [0.1, 0.15) is 0 Å². The fourth-order valence-electron chi connectivity index (χ4n) is 5.79. The van der Waals surface area contributed by atoms with E-state index in [-0.39, 0.29) is 36.2 Å². The summed E-state index contributed by atoms with van der Waals surface area (Å²) in [5, 5.41) is 19.2. The van der Waals surface area contributed by atoms with Gasteiger partial charge in [-0.1, -0.05) is 18.2 Å². The van der Waals surface area contributed by atoms with E-state index in [0.29, 0.717) is 38.1 Å². The van der Waals surface area contributed by atoms with Crippen molar-refractivity contribution in [3.63, 3.8) is 0 Å². The summed E-state index contributed by atoms with van der Waals surface area (Å²) in [6, 6.07) is 10.9. The molecule has 2 atom stereocenters. The minimum atomic E-state index is -4.58. The Balaban J connectivity index is 1.30. The molecule has 0 spiro atoms. The summed E-state index contributed by atoms with van der Waals surface area (Å²) in [6.45, 7) is 3.06. The maximum absolute atomic E-state index is 13.0. The topological polar surface area (TPSA) is 120 Å². The summed E-state index contributed by atoms with van der Waals surface area (Å²) >= 11 is 0. The second-order valence-corrected chi connectivity index (χ2v) is 10.8. The van der Waals surface area contributed by atoms with Crippen LogP contribution in [0.1, 0.15) is 64.4 Å². The van der Waals surface area contributed by atoms with E-state index in [9.17, 15) is 32.7 Å². The maximum Gasteiger partial charge on any atom is 0.416 e. The van der Waals surface area contributed by atoms with Gasteiger partial charge < -0.3 is 25.8 Å². The number of nitrogens with one attached hydrogen (secondary N) is 3. The third kappa shape index (κ3) is 7.47. The van der Waals surface area contributed by atoms with Crippen LogP contribution in [0.5, 0.6) is 0 Å². The van der Waals surface area contributed by atoms with Gasteiger partial charge in [-0.15, -0.1) is 0 Å². The zero-order valence-corrected chi connectivity index (χ0v) is 23.7. The number of likely N-dealkylation sites (tertiary alicyclic amines) is 1. The van der Waals surface area contributed by atoms with Crippen LogP contribution in [-0.2, 0) is 21.3 Å². The molecule has 228 valence electrons. The molecular formula is C30H37F3N4O5. The Morgan fingerprint density at radius 3 is 2.33 bits per heavy atom. The number of carbonyl (C=O) groups excluding carboxylic acids is 3. The Morgan fingerprint density at radius 2 is 1.71 bits per heavy atom. The molecule has 0 bridgehead atoms. The van der Waals surface area contributed by atoms with Gasteiger partial charge in [-0.2, -0.15) is 13.2 Å². The van der Waals surface area contributed by atoms with Crippen LogP contribution in [0.3, 0.4) is 0 Å². The zero-order valence-electron chi connectivity index (χ0n) is 23.7. The molecule has 0 radical (unpaired) electrons. The fraction of sp³-hybridized carbons (Fsp3) is 0.500. The number of ether oxygens (including phenoxy) is 1. The van der Waals surface area contributed by atoms with E-state index in [0.717, 1.165) is 36.6 Å². The summed E-state index contributed by atoms with van der Waals surface area (Å²) in [5.41, 5.74) is -0.801. The van der Waals surface area contributed by atoms with Crippen LogP contribution in [0.25, 0.3) is 0 Å². The molecule has 1 unspecified atom stereocenters. The zero-order chi connectivity index (χ0) is 30.5. The van der Waals surface area contributed by atoms with Gasteiger partial charge in [0.15, 0.2) is 0 Å². The molecule has 2 aromatic carbocycles. The van der Waals surface area contributed by atoms with Crippen molar-refractivity contribution < 1.29 is 37.4 Å². The third-order valence-electron chi connectivity index (χ3n) is 8.09. The molecule has 42 heavy (non-hydrogen) atoms. The van der Waals surface area contributed by atoms with Gasteiger partial charge in [0.05, 0.1) is 29.9 Å². The molecule has 1 aliphatic carbocycles. The number of hydrogen-bond donors (Lipinski definition) is 4. The lowest BCUT2D eigenvalue weighted by Crippen LogP contribution is -2.48. The Labute approximate surface area is 242 Å². The summed E-state index contributed by atoms with van der Waals surface area (Å²) in [7, 11) is 1.57. The van der Waals surface area contributed by atoms with E-state index in [4.69, 9.17) is 4.74 Å². The number of hydrogen-bond acceptors (Lipinski definition) is 6. The van der Waals surface area contributed by atoms with E-state index in [2.05, 4.69) is 20.9 Å². The monoisotopic (exact) mass is 590 g/mol. The average molecular weight is 591 g/mol. The van der Waals surface area contributed by atoms with Crippen molar-refractivity contribution in [2.75, 3.05) is 33.3 Å². The second kappa shape index (κ2) is 13.2. The number of rotatable bonds is 9. The Bertz CT molecular complexity index is 1260. The number of alkyl halides is 3. The molecule has 0 aromatic heterocycles. The first kappa shape index (κ1) is 31.5. The van der Waals surface area contributed by atoms with E-state index in [1.807, 2.05) is 6.92 Å². The van der Waals surface area contributed by atoms with Crippen molar-refractivity contribution in [3.8, 4) is 0 Å². The molecule has 12 heteroatoms. The van der Waals surface area contributed by atoms with E-state index in [1.54, 1.807) is 31.3 Å². The maximum atomic E-state index is 13.0. The number of amides is 3. The molecule has 3 amide bonds. The Morgan fingerprint density at radius 1 is 1.02 bits per heavy atom. The van der Waals surface area contributed by atoms with Gasteiger partial charge >= 0.3 is 6.18 Å². The largest absolute Gasteiger partial charge is 0.416 e. The standard InChI is InChI=1S/C30H37F3N4O5/c1-3-42-25-18-37(23-11-13-29(41,14-12-23)21-9-7-19(8-10-21)27(39)34-2)17-24(25)36-26(38)16-35-28(40)20-5-4-6-22(15-20)30(31,32)33/h4-10,15,23-25,41H,3,11-14,16-18H2,1-2H3,(H,34,39)(H,35,40)(H,36,38)/t23?,24?,25-,29?/m0/s1. The van der Waals surface area contributed by atoms with E-state index in [1.165, 1.54) is 6.07 Å². The number of carbonyl (C=O) groups is 3. The summed E-state index contributed by atoms with van der Waals surface area (Å²) in [5.74, 6) is -1.43. The number of aliphatic hydroxyl groups is 1. The van der Waals surface area contributed by atoms with Crippen LogP contribution in [0.2, 0.25) is 0 Å². The molecule has 2 aliphatic rings. The lowest BCUT2D eigenvalue weighted by atomic mass is 9.77. The number of benzene rings is 2. The SMILES string of the molecule is CCO[C@H]1CN(C2CCC(O)(c3ccc(C(=O)NC)cc3)CC2)CC1NC(=O)CNC(=O)c1cccc(C(F)(F)F)c1. The third-order valence-corrected chi connectivity index (χ3v) is 8.09. The quantitative estimate of drug-likeness (QED) is 0.357. The second-order valence-electron chi connectivity index (χ2n) is 10.8. The summed E-state index contributed by atoms with van der Waals surface area (Å²) in [4.78, 5) is 39.1. The van der Waals surface area contributed by atoms with Gasteiger partial charge in [0.25, 0.3) is 11.8 Å². The molecule has 9 nitrogen and oxygen atoms in total. The molecule has 1 saturated carbocycles. The van der Waals surface area contributed by atoms with Crippen LogP contribution in [0, 0.1) is 0 Å². The summed E-state index contributed by atoms with van der Waals surface area (Å²) in [6.07, 6.45) is -2.28. The molecule has 2 aromatic rings. The highest BCUT2D eigenvalue weighted by Crippen LogP contribution is 2.39. The lowest BCUT2D eigenvalue weighted by molar-refractivity contribution is -0.137. The lowest BCUT2D eigenvalue weighted by Gasteiger charge is -2.40. The predicted molar refractivity (Wildman–Crippen MR) is 149 cm³/mol. The smallest absolute Gasteiger partial charge is 0.385 e. The Hall–Kier alpha value is -3.48.